The van der Waals surface area contributed by atoms with Crippen LogP contribution < -0.4 is 19.6 Å². The van der Waals surface area contributed by atoms with Gasteiger partial charge in [-0.3, -0.25) is 9.36 Å². The minimum Gasteiger partial charge on any atom is -0.497 e. The second-order valence-electron chi connectivity index (χ2n) is 8.72. The lowest BCUT2D eigenvalue weighted by molar-refractivity contribution is -0.729. The van der Waals surface area contributed by atoms with E-state index in [-0.39, 0.29) is 16.2 Å². The molecule has 0 amide bonds. The summed E-state index contributed by atoms with van der Waals surface area (Å²) in [6.07, 6.45) is 1.67. The van der Waals surface area contributed by atoms with E-state index in [0.717, 1.165) is 16.9 Å². The van der Waals surface area contributed by atoms with Gasteiger partial charge in [-0.15, -0.1) is 0 Å². The fourth-order valence-electron chi connectivity index (χ4n) is 4.48. The molecule has 1 aliphatic heterocycles. The topological polar surface area (TPSA) is 106 Å². The molecule has 9 nitrogen and oxygen atoms in total. The Morgan fingerprint density at radius 1 is 1.23 bits per heavy atom. The van der Waals surface area contributed by atoms with Gasteiger partial charge in [0.05, 0.1) is 18.6 Å². The van der Waals surface area contributed by atoms with Crippen molar-refractivity contribution in [1.29, 1.82) is 0 Å². The van der Waals surface area contributed by atoms with Crippen molar-refractivity contribution in [3.63, 3.8) is 0 Å². The maximum Gasteiger partial charge on any atom is 0.317 e. The van der Waals surface area contributed by atoms with Crippen molar-refractivity contribution in [2.24, 2.45) is 4.99 Å². The molecule has 3 heterocycles. The van der Waals surface area contributed by atoms with Gasteiger partial charge in [-0.2, -0.15) is 0 Å². The van der Waals surface area contributed by atoms with Gasteiger partial charge in [0.25, 0.3) is 10.5 Å². The molecule has 0 saturated heterocycles. The van der Waals surface area contributed by atoms with E-state index < -0.39 is 6.04 Å². The number of furan rings is 1. The Balaban J connectivity index is 1.60. The number of benzene rings is 2. The minimum absolute atomic E-state index is 0.0818. The number of rotatable bonds is 8. The van der Waals surface area contributed by atoms with Crippen LogP contribution in [-0.2, 0) is 4.74 Å². The summed E-state index contributed by atoms with van der Waals surface area (Å²) in [6.45, 7) is 8.30. The molecule has 0 bridgehead atoms. The molecule has 39 heavy (non-hydrogen) atoms. The van der Waals surface area contributed by atoms with E-state index in [4.69, 9.17) is 18.9 Å². The molecule has 0 fully saturated rings. The predicted octanol–water partition coefficient (Wildman–Crippen LogP) is 4.96. The first-order chi connectivity index (χ1) is 18.8. The zero-order valence-electron chi connectivity index (χ0n) is 21.6. The van der Waals surface area contributed by atoms with E-state index in [9.17, 15) is 14.9 Å². The SMILES string of the molecule is C=C(OCC)C1=C(C)n2c(s/c(=C\c3ccc(-c4cccc([N+](=O)O)c4)o3)c2=O)=NC1c1ccc(OC)cc1. The van der Waals surface area contributed by atoms with Gasteiger partial charge in [0.15, 0.2) is 4.80 Å². The van der Waals surface area contributed by atoms with Crippen molar-refractivity contribution in [2.75, 3.05) is 13.7 Å². The highest BCUT2D eigenvalue weighted by molar-refractivity contribution is 7.07. The van der Waals surface area contributed by atoms with Gasteiger partial charge in [-0.1, -0.05) is 42.2 Å². The third kappa shape index (κ3) is 4.94. The molecule has 1 aliphatic rings. The second-order valence-corrected chi connectivity index (χ2v) is 9.73. The molecular weight excluding hydrogens is 518 g/mol. The van der Waals surface area contributed by atoms with Crippen LogP contribution in [-0.4, -0.2) is 28.4 Å². The standard InChI is InChI=1S/C29H26N3O6S/c1-5-37-18(3)26-17(2)31-28(33)25(39-29(31)30-27(26)19-9-11-22(36-4)12-10-19)16-23-13-14-24(38-23)20-7-6-8-21(15-20)32(34)35/h6-16,27H,3,5H2,1-2,4H3,(H,34,35)/q+1/b25-16-. The van der Waals surface area contributed by atoms with Crippen LogP contribution >= 0.6 is 11.3 Å². The molecule has 1 atom stereocenters. The fourth-order valence-corrected chi connectivity index (χ4v) is 5.50. The van der Waals surface area contributed by atoms with E-state index in [0.29, 0.717) is 44.5 Å². The Hall–Kier alpha value is -4.70. The number of hydrogen-bond donors (Lipinski definition) is 1. The van der Waals surface area contributed by atoms with Crippen molar-refractivity contribution < 1.29 is 24.0 Å². The maximum absolute atomic E-state index is 13.5. The number of hydrogen-bond acceptors (Lipinski definition) is 7. The van der Waals surface area contributed by atoms with Gasteiger partial charge >= 0.3 is 5.69 Å². The lowest BCUT2D eigenvalue weighted by Crippen LogP contribution is -2.34. The normalized spacial score (nSPS) is 15.1. The highest BCUT2D eigenvalue weighted by atomic mass is 32.1. The molecule has 10 heteroatoms. The Morgan fingerprint density at radius 2 is 2.00 bits per heavy atom. The number of ether oxygens (including phenoxy) is 2. The van der Waals surface area contributed by atoms with Gasteiger partial charge in [0.2, 0.25) is 0 Å². The van der Waals surface area contributed by atoms with Gasteiger partial charge in [-0.05, 0) is 43.7 Å². The zero-order chi connectivity index (χ0) is 27.7. The van der Waals surface area contributed by atoms with Gasteiger partial charge in [0, 0.05) is 35.0 Å². The number of thiazole rings is 1. The highest BCUT2D eigenvalue weighted by Gasteiger charge is 2.28. The molecule has 1 unspecified atom stereocenters. The third-order valence-corrected chi connectivity index (χ3v) is 7.33. The Morgan fingerprint density at radius 3 is 2.69 bits per heavy atom. The first kappa shape index (κ1) is 25.9. The van der Waals surface area contributed by atoms with Crippen LogP contribution in [0.4, 0.5) is 5.69 Å². The molecule has 5 rings (SSSR count). The van der Waals surface area contributed by atoms with Crippen molar-refractivity contribution in [3.05, 3.63) is 114 Å². The van der Waals surface area contributed by atoms with Crippen LogP contribution in [0.5, 0.6) is 5.75 Å². The van der Waals surface area contributed by atoms with Crippen LogP contribution in [0.15, 0.2) is 92.8 Å². The fraction of sp³-hybridized carbons (Fsp3) is 0.172. The molecule has 2 aromatic heterocycles. The molecule has 1 N–H and O–H groups in total. The van der Waals surface area contributed by atoms with Crippen molar-refractivity contribution in [1.82, 2.24) is 4.57 Å². The summed E-state index contributed by atoms with van der Waals surface area (Å²) in [5.74, 6) is 2.15. The summed E-state index contributed by atoms with van der Waals surface area (Å²) < 4.78 is 19.0. The molecule has 0 aliphatic carbocycles. The monoisotopic (exact) mass is 544 g/mol. The predicted molar refractivity (Wildman–Crippen MR) is 148 cm³/mol. The molecule has 198 valence electrons. The van der Waals surface area contributed by atoms with E-state index in [2.05, 4.69) is 6.58 Å². The summed E-state index contributed by atoms with van der Waals surface area (Å²) in [5, 5.41) is 9.20. The Labute approximate surface area is 227 Å². The quantitative estimate of drug-likeness (QED) is 0.248. The molecule has 4 aromatic rings. The first-order valence-electron chi connectivity index (χ1n) is 12.2. The molecule has 0 spiro atoms. The molecule has 0 radical (unpaired) electrons. The third-order valence-electron chi connectivity index (χ3n) is 6.35. The number of allylic oxidation sites excluding steroid dienone is 1. The number of nitrogens with zero attached hydrogens (tertiary/aromatic N) is 3. The average Bonchev–Trinajstić information content (AvgIpc) is 3.53. The molecule has 0 saturated carbocycles. The Kier molecular flexibility index (Phi) is 7.03. The molecule has 2 aromatic carbocycles. The number of fused-ring (bicyclic) bond motifs is 1. The number of aromatic nitrogens is 1. The van der Waals surface area contributed by atoms with E-state index >= 15 is 0 Å². The van der Waals surface area contributed by atoms with E-state index in [1.807, 2.05) is 38.1 Å². The summed E-state index contributed by atoms with van der Waals surface area (Å²) in [4.78, 5) is 30.1. The lowest BCUT2D eigenvalue weighted by atomic mass is 9.95. The smallest absolute Gasteiger partial charge is 0.317 e. The van der Waals surface area contributed by atoms with Gasteiger partial charge < -0.3 is 13.9 Å². The van der Waals surface area contributed by atoms with Crippen LogP contribution in [0, 0.1) is 4.91 Å². The lowest BCUT2D eigenvalue weighted by Gasteiger charge is -2.25. The average molecular weight is 545 g/mol. The van der Waals surface area contributed by atoms with E-state index in [1.54, 1.807) is 42.0 Å². The summed E-state index contributed by atoms with van der Waals surface area (Å²) in [5.41, 5.74) is 2.81. The van der Waals surface area contributed by atoms with Crippen molar-refractivity contribution >= 4 is 28.8 Å². The van der Waals surface area contributed by atoms with Crippen LogP contribution in [0.2, 0.25) is 0 Å². The van der Waals surface area contributed by atoms with Crippen molar-refractivity contribution in [2.45, 2.75) is 19.9 Å². The Bertz CT molecular complexity index is 1790. The summed E-state index contributed by atoms with van der Waals surface area (Å²) in [6, 6.07) is 17.1. The van der Waals surface area contributed by atoms with Gasteiger partial charge in [-0.25, -0.2) is 10.2 Å². The highest BCUT2D eigenvalue weighted by Crippen LogP contribution is 2.36. The minimum atomic E-state index is -0.407. The van der Waals surface area contributed by atoms with Gasteiger partial charge in [0.1, 0.15) is 33.6 Å². The maximum atomic E-state index is 13.5. The first-order valence-corrected chi connectivity index (χ1v) is 13.0. The summed E-state index contributed by atoms with van der Waals surface area (Å²) >= 11 is 1.26. The second kappa shape index (κ2) is 10.6. The van der Waals surface area contributed by atoms with E-state index in [1.165, 1.54) is 23.5 Å². The number of methoxy groups -OCH3 is 1. The van der Waals surface area contributed by atoms with Crippen LogP contribution in [0.25, 0.3) is 23.1 Å². The summed E-state index contributed by atoms with van der Waals surface area (Å²) in [7, 11) is 1.61. The van der Waals surface area contributed by atoms with Crippen LogP contribution in [0.3, 0.4) is 0 Å². The zero-order valence-corrected chi connectivity index (χ0v) is 22.4. The largest absolute Gasteiger partial charge is 0.497 e. The molecular formula is C29H26N3O6S+. The van der Waals surface area contributed by atoms with Crippen molar-refractivity contribution in [3.8, 4) is 17.1 Å². The van der Waals surface area contributed by atoms with Crippen LogP contribution in [0.1, 0.15) is 31.2 Å².